The summed E-state index contributed by atoms with van der Waals surface area (Å²) in [4.78, 5) is 12.1. The van der Waals surface area contributed by atoms with Crippen LogP contribution in [0.1, 0.15) is 42.3 Å². The van der Waals surface area contributed by atoms with Gasteiger partial charge in [0.2, 0.25) is 0 Å². The molecule has 0 fully saturated rings. The minimum Gasteiger partial charge on any atom is -0.481 e. The molecule has 0 aliphatic carbocycles. The number of carbonyl (C=O) groups is 1. The van der Waals surface area contributed by atoms with Gasteiger partial charge in [-0.1, -0.05) is 25.1 Å². The maximum Gasteiger partial charge on any atom is 0.305 e. The van der Waals surface area contributed by atoms with Gasteiger partial charge in [-0.3, -0.25) is 4.79 Å². The van der Waals surface area contributed by atoms with E-state index in [4.69, 9.17) is 5.11 Å². The van der Waals surface area contributed by atoms with E-state index >= 15 is 0 Å². The van der Waals surface area contributed by atoms with Crippen LogP contribution in [0, 0.1) is 5.82 Å². The van der Waals surface area contributed by atoms with Crippen molar-refractivity contribution in [3.8, 4) is 0 Å². The first-order chi connectivity index (χ1) is 10.1. The lowest BCUT2D eigenvalue weighted by atomic mass is 10.0. The molecule has 0 amide bonds. The number of aliphatic carboxylic acids is 1. The summed E-state index contributed by atoms with van der Waals surface area (Å²) in [6.45, 7) is 2.02. The molecule has 21 heavy (non-hydrogen) atoms. The molecule has 3 nitrogen and oxygen atoms in total. The van der Waals surface area contributed by atoms with Gasteiger partial charge in [0.15, 0.2) is 0 Å². The smallest absolute Gasteiger partial charge is 0.305 e. The van der Waals surface area contributed by atoms with Crippen molar-refractivity contribution in [1.29, 1.82) is 0 Å². The first kappa shape index (κ1) is 15.7. The lowest BCUT2D eigenvalue weighted by Gasteiger charge is -2.24. The number of halogens is 1. The van der Waals surface area contributed by atoms with Crippen molar-refractivity contribution < 1.29 is 14.3 Å². The third-order valence-corrected chi connectivity index (χ3v) is 4.33. The highest BCUT2D eigenvalue weighted by Crippen LogP contribution is 2.27. The highest BCUT2D eigenvalue weighted by atomic mass is 32.1. The van der Waals surface area contributed by atoms with Gasteiger partial charge in [0.1, 0.15) is 5.82 Å². The molecular formula is C16H18FNO2S. The number of rotatable bonds is 7. The molecule has 0 saturated carbocycles. The second-order valence-electron chi connectivity index (χ2n) is 4.84. The van der Waals surface area contributed by atoms with Gasteiger partial charge < -0.3 is 10.4 Å². The molecule has 2 unspecified atom stereocenters. The molecule has 2 N–H and O–H groups in total. The fraction of sp³-hybridized carbons (Fsp3) is 0.312. The molecule has 1 heterocycles. The van der Waals surface area contributed by atoms with E-state index < -0.39 is 5.97 Å². The van der Waals surface area contributed by atoms with Crippen LogP contribution >= 0.6 is 11.3 Å². The summed E-state index contributed by atoms with van der Waals surface area (Å²) in [6, 6.07) is 9.94. The van der Waals surface area contributed by atoms with E-state index in [-0.39, 0.29) is 24.3 Å². The van der Waals surface area contributed by atoms with Gasteiger partial charge in [-0.2, -0.15) is 0 Å². The zero-order valence-corrected chi connectivity index (χ0v) is 12.6. The Morgan fingerprint density at radius 1 is 1.29 bits per heavy atom. The highest BCUT2D eigenvalue weighted by molar-refractivity contribution is 7.10. The van der Waals surface area contributed by atoms with E-state index in [1.54, 1.807) is 12.1 Å². The summed E-state index contributed by atoms with van der Waals surface area (Å²) in [6.07, 6.45) is 0.825. The lowest BCUT2D eigenvalue weighted by molar-refractivity contribution is -0.137. The highest BCUT2D eigenvalue weighted by Gasteiger charge is 2.20. The third kappa shape index (κ3) is 4.37. The Labute approximate surface area is 127 Å². The maximum atomic E-state index is 13.0. The molecule has 0 aliphatic heterocycles. The topological polar surface area (TPSA) is 49.3 Å². The Morgan fingerprint density at radius 2 is 2.00 bits per heavy atom. The van der Waals surface area contributed by atoms with Crippen LogP contribution in [0.15, 0.2) is 41.8 Å². The second kappa shape index (κ2) is 7.33. The summed E-state index contributed by atoms with van der Waals surface area (Å²) in [5.41, 5.74) is 0.964. The summed E-state index contributed by atoms with van der Waals surface area (Å²) >= 11 is 1.54. The Morgan fingerprint density at radius 3 is 2.52 bits per heavy atom. The number of carboxylic acid groups (broad SMARTS) is 1. The molecule has 1 aromatic heterocycles. The Bertz CT molecular complexity index is 568. The zero-order chi connectivity index (χ0) is 15.2. The van der Waals surface area contributed by atoms with Crippen LogP contribution in [0.5, 0.6) is 0 Å². The van der Waals surface area contributed by atoms with Crippen molar-refractivity contribution in [2.24, 2.45) is 0 Å². The van der Waals surface area contributed by atoms with Crippen LogP contribution < -0.4 is 5.32 Å². The SMILES string of the molecule is CCC(NC(CC(=O)O)c1cccs1)c1ccc(F)cc1. The number of benzene rings is 1. The summed E-state index contributed by atoms with van der Waals surface area (Å²) in [5, 5.41) is 14.4. The monoisotopic (exact) mass is 307 g/mol. The predicted molar refractivity (Wildman–Crippen MR) is 81.9 cm³/mol. The third-order valence-electron chi connectivity index (χ3n) is 3.35. The maximum absolute atomic E-state index is 13.0. The van der Waals surface area contributed by atoms with E-state index in [1.807, 2.05) is 24.4 Å². The Hall–Kier alpha value is -1.72. The standard InChI is InChI=1S/C16H18FNO2S/c1-2-13(11-5-7-12(17)8-6-11)18-14(10-16(19)20)15-4-3-9-21-15/h3-9,13-14,18H,2,10H2,1H3,(H,19,20). The molecule has 2 atom stereocenters. The van der Waals surface area contributed by atoms with Gasteiger partial charge in [-0.25, -0.2) is 4.39 Å². The number of carboxylic acids is 1. The lowest BCUT2D eigenvalue weighted by Crippen LogP contribution is -2.27. The Balaban J connectivity index is 2.16. The van der Waals surface area contributed by atoms with Gasteiger partial charge >= 0.3 is 5.97 Å². The molecule has 0 aliphatic rings. The van der Waals surface area contributed by atoms with Crippen molar-refractivity contribution in [2.45, 2.75) is 31.8 Å². The molecule has 5 heteroatoms. The molecule has 0 bridgehead atoms. The van der Waals surface area contributed by atoms with Crippen molar-refractivity contribution in [1.82, 2.24) is 5.32 Å². The first-order valence-corrected chi connectivity index (χ1v) is 7.74. The molecule has 112 valence electrons. The molecule has 2 aromatic rings. The van der Waals surface area contributed by atoms with Crippen LogP contribution in [-0.4, -0.2) is 11.1 Å². The molecular weight excluding hydrogens is 289 g/mol. The van der Waals surface area contributed by atoms with Crippen LogP contribution in [0.3, 0.4) is 0 Å². The minimum atomic E-state index is -0.838. The fourth-order valence-corrected chi connectivity index (χ4v) is 3.08. The van der Waals surface area contributed by atoms with Crippen molar-refractivity contribution >= 4 is 17.3 Å². The van der Waals surface area contributed by atoms with Gasteiger partial charge in [0.05, 0.1) is 12.5 Å². The van der Waals surface area contributed by atoms with Crippen LogP contribution in [0.25, 0.3) is 0 Å². The minimum absolute atomic E-state index is 0.00273. The molecule has 0 spiro atoms. The number of nitrogens with one attached hydrogen (secondary N) is 1. The van der Waals surface area contributed by atoms with Gasteiger partial charge in [-0.15, -0.1) is 11.3 Å². The average molecular weight is 307 g/mol. The molecule has 2 rings (SSSR count). The normalized spacial score (nSPS) is 13.8. The summed E-state index contributed by atoms with van der Waals surface area (Å²) in [7, 11) is 0. The molecule has 1 aromatic carbocycles. The van der Waals surface area contributed by atoms with Crippen LogP contribution in [0.2, 0.25) is 0 Å². The zero-order valence-electron chi connectivity index (χ0n) is 11.8. The largest absolute Gasteiger partial charge is 0.481 e. The van der Waals surface area contributed by atoms with Crippen molar-refractivity contribution in [2.75, 3.05) is 0 Å². The van der Waals surface area contributed by atoms with E-state index in [1.165, 1.54) is 23.5 Å². The van der Waals surface area contributed by atoms with Crippen molar-refractivity contribution in [3.63, 3.8) is 0 Å². The predicted octanol–water partition coefficient (Wildman–Crippen LogP) is 4.14. The van der Waals surface area contributed by atoms with E-state index in [0.717, 1.165) is 16.9 Å². The van der Waals surface area contributed by atoms with E-state index in [9.17, 15) is 9.18 Å². The molecule has 0 saturated heterocycles. The summed E-state index contributed by atoms with van der Waals surface area (Å²) < 4.78 is 13.0. The molecule has 0 radical (unpaired) electrons. The van der Waals surface area contributed by atoms with Crippen LogP contribution in [0.4, 0.5) is 4.39 Å². The average Bonchev–Trinajstić information content (AvgIpc) is 2.98. The van der Waals surface area contributed by atoms with Gasteiger partial charge in [-0.05, 0) is 35.6 Å². The number of hydrogen-bond donors (Lipinski definition) is 2. The van der Waals surface area contributed by atoms with Crippen molar-refractivity contribution in [3.05, 3.63) is 58.0 Å². The summed E-state index contributed by atoms with van der Waals surface area (Å²) in [5.74, 6) is -1.11. The van der Waals surface area contributed by atoms with Crippen LogP contribution in [-0.2, 0) is 4.79 Å². The van der Waals surface area contributed by atoms with Gasteiger partial charge in [0.25, 0.3) is 0 Å². The Kier molecular flexibility index (Phi) is 5.47. The van der Waals surface area contributed by atoms with E-state index in [2.05, 4.69) is 5.32 Å². The quantitative estimate of drug-likeness (QED) is 0.808. The number of thiophene rings is 1. The van der Waals surface area contributed by atoms with Gasteiger partial charge in [0, 0.05) is 10.9 Å². The number of hydrogen-bond acceptors (Lipinski definition) is 3. The fourth-order valence-electron chi connectivity index (χ4n) is 2.29. The van der Waals surface area contributed by atoms with E-state index in [0.29, 0.717) is 0 Å². The first-order valence-electron chi connectivity index (χ1n) is 6.87. The second-order valence-corrected chi connectivity index (χ2v) is 5.82.